The van der Waals surface area contributed by atoms with Crippen LogP contribution in [0.15, 0.2) is 18.2 Å². The summed E-state index contributed by atoms with van der Waals surface area (Å²) < 4.78 is 10.5. The molecule has 0 saturated carbocycles. The van der Waals surface area contributed by atoms with E-state index in [2.05, 4.69) is 18.7 Å². The Balaban J connectivity index is 2.76. The Morgan fingerprint density at radius 1 is 1.32 bits per heavy atom. The molecular weight excluding hydrogens is 242 g/mol. The smallest absolute Gasteiger partial charge is 0.124 e. The zero-order chi connectivity index (χ0) is 14.3. The van der Waals surface area contributed by atoms with E-state index in [-0.39, 0.29) is 11.8 Å². The van der Waals surface area contributed by atoms with Crippen molar-refractivity contribution < 1.29 is 14.6 Å². The number of ether oxygens (including phenoxy) is 2. The first-order valence-electron chi connectivity index (χ1n) is 6.82. The van der Waals surface area contributed by atoms with Gasteiger partial charge in [-0.05, 0) is 26.5 Å². The highest BCUT2D eigenvalue weighted by Gasteiger charge is 2.17. The van der Waals surface area contributed by atoms with Gasteiger partial charge in [-0.3, -0.25) is 4.90 Å². The first-order chi connectivity index (χ1) is 9.13. The van der Waals surface area contributed by atoms with E-state index in [1.54, 1.807) is 13.2 Å². The molecule has 1 N–H and O–H groups in total. The summed E-state index contributed by atoms with van der Waals surface area (Å²) in [7, 11) is 1.60. The van der Waals surface area contributed by atoms with Gasteiger partial charge in [0.1, 0.15) is 11.5 Å². The van der Waals surface area contributed by atoms with Crippen molar-refractivity contribution in [2.45, 2.75) is 26.8 Å². The lowest BCUT2D eigenvalue weighted by atomic mass is 10.1. The second-order valence-corrected chi connectivity index (χ2v) is 4.43. The molecule has 0 radical (unpaired) electrons. The molecule has 0 bridgehead atoms. The molecule has 0 aromatic heterocycles. The lowest BCUT2D eigenvalue weighted by Crippen LogP contribution is -2.30. The molecule has 19 heavy (non-hydrogen) atoms. The highest BCUT2D eigenvalue weighted by molar-refractivity contribution is 5.41. The standard InChI is InChI=1S/C15H25NO3/c1-5-16(9-10-19-6-2)12(3)14-8-7-13(18-4)11-15(14)17/h7-8,11-12,17H,5-6,9-10H2,1-4H3. The van der Waals surface area contributed by atoms with Gasteiger partial charge in [-0.15, -0.1) is 0 Å². The monoisotopic (exact) mass is 267 g/mol. The van der Waals surface area contributed by atoms with Crippen LogP contribution >= 0.6 is 0 Å². The molecule has 0 aliphatic carbocycles. The maximum Gasteiger partial charge on any atom is 0.124 e. The Bertz CT molecular complexity index is 382. The summed E-state index contributed by atoms with van der Waals surface area (Å²) in [6, 6.07) is 5.60. The minimum Gasteiger partial charge on any atom is -0.507 e. The molecule has 1 aromatic rings. The van der Waals surface area contributed by atoms with Gasteiger partial charge in [0.15, 0.2) is 0 Å². The van der Waals surface area contributed by atoms with Gasteiger partial charge in [0.05, 0.1) is 13.7 Å². The van der Waals surface area contributed by atoms with Crippen molar-refractivity contribution in [3.05, 3.63) is 23.8 Å². The third kappa shape index (κ3) is 4.40. The molecule has 4 nitrogen and oxygen atoms in total. The van der Waals surface area contributed by atoms with Crippen LogP contribution in [-0.4, -0.2) is 43.4 Å². The predicted molar refractivity (Wildman–Crippen MR) is 76.8 cm³/mol. The van der Waals surface area contributed by atoms with Crippen LogP contribution in [0, 0.1) is 0 Å². The van der Waals surface area contributed by atoms with Gasteiger partial charge >= 0.3 is 0 Å². The largest absolute Gasteiger partial charge is 0.507 e. The minimum absolute atomic E-state index is 0.149. The molecule has 1 rings (SSSR count). The lowest BCUT2D eigenvalue weighted by Gasteiger charge is -2.28. The van der Waals surface area contributed by atoms with Gasteiger partial charge in [0, 0.05) is 30.8 Å². The summed E-state index contributed by atoms with van der Waals surface area (Å²) in [6.45, 7) is 9.43. The molecule has 1 unspecified atom stereocenters. The second-order valence-electron chi connectivity index (χ2n) is 4.43. The maximum atomic E-state index is 10.1. The van der Waals surface area contributed by atoms with E-state index < -0.39 is 0 Å². The Labute approximate surface area is 115 Å². The first kappa shape index (κ1) is 15.8. The number of hydrogen-bond acceptors (Lipinski definition) is 4. The molecule has 0 aliphatic heterocycles. The third-order valence-electron chi connectivity index (χ3n) is 3.37. The van der Waals surface area contributed by atoms with Gasteiger partial charge in [0.25, 0.3) is 0 Å². The molecule has 1 aromatic carbocycles. The minimum atomic E-state index is 0.149. The number of rotatable bonds is 8. The van der Waals surface area contributed by atoms with Crippen LogP contribution in [0.3, 0.4) is 0 Å². The molecule has 0 aliphatic rings. The summed E-state index contributed by atoms with van der Waals surface area (Å²) in [6.07, 6.45) is 0. The molecule has 0 spiro atoms. The van der Waals surface area contributed by atoms with E-state index in [1.165, 1.54) is 0 Å². The summed E-state index contributed by atoms with van der Waals surface area (Å²) in [4.78, 5) is 2.27. The maximum absolute atomic E-state index is 10.1. The fraction of sp³-hybridized carbons (Fsp3) is 0.600. The number of phenolic OH excluding ortho intramolecular Hbond substituents is 1. The molecule has 0 amide bonds. The van der Waals surface area contributed by atoms with Gasteiger partial charge in [0.2, 0.25) is 0 Å². The summed E-state index contributed by atoms with van der Waals surface area (Å²) in [5.74, 6) is 0.951. The Morgan fingerprint density at radius 3 is 2.58 bits per heavy atom. The number of hydrogen-bond donors (Lipinski definition) is 1. The predicted octanol–water partition coefficient (Wildman–Crippen LogP) is 2.82. The van der Waals surface area contributed by atoms with Gasteiger partial charge in [-0.2, -0.15) is 0 Å². The van der Waals surface area contributed by atoms with Crippen molar-refractivity contribution in [3.63, 3.8) is 0 Å². The second kappa shape index (κ2) is 8.02. The molecule has 1 atom stereocenters. The van der Waals surface area contributed by atoms with Crippen molar-refractivity contribution in [2.24, 2.45) is 0 Å². The van der Waals surface area contributed by atoms with E-state index >= 15 is 0 Å². The van der Waals surface area contributed by atoms with Crippen LogP contribution in [0.2, 0.25) is 0 Å². The van der Waals surface area contributed by atoms with Crippen LogP contribution in [-0.2, 0) is 4.74 Å². The SMILES string of the molecule is CCOCCN(CC)C(C)c1ccc(OC)cc1O. The van der Waals surface area contributed by atoms with E-state index in [0.717, 1.165) is 25.3 Å². The Hall–Kier alpha value is -1.26. The highest BCUT2D eigenvalue weighted by Crippen LogP contribution is 2.31. The number of aromatic hydroxyl groups is 1. The van der Waals surface area contributed by atoms with Crippen LogP contribution in [0.5, 0.6) is 11.5 Å². The normalized spacial score (nSPS) is 12.7. The average Bonchev–Trinajstić information content (AvgIpc) is 2.43. The number of phenols is 1. The van der Waals surface area contributed by atoms with Crippen molar-refractivity contribution >= 4 is 0 Å². The van der Waals surface area contributed by atoms with Crippen LogP contribution in [0.1, 0.15) is 32.4 Å². The van der Waals surface area contributed by atoms with Crippen molar-refractivity contribution in [3.8, 4) is 11.5 Å². The average molecular weight is 267 g/mol. The molecule has 0 saturated heterocycles. The zero-order valence-electron chi connectivity index (χ0n) is 12.3. The van der Waals surface area contributed by atoms with E-state index in [4.69, 9.17) is 9.47 Å². The van der Waals surface area contributed by atoms with Crippen molar-refractivity contribution in [2.75, 3.05) is 33.4 Å². The molecule has 0 fully saturated rings. The van der Waals surface area contributed by atoms with E-state index in [9.17, 15) is 5.11 Å². The fourth-order valence-electron chi connectivity index (χ4n) is 2.15. The van der Waals surface area contributed by atoms with Crippen molar-refractivity contribution in [1.82, 2.24) is 4.90 Å². The van der Waals surface area contributed by atoms with E-state index in [0.29, 0.717) is 12.4 Å². The van der Waals surface area contributed by atoms with Gasteiger partial charge in [-0.25, -0.2) is 0 Å². The third-order valence-corrected chi connectivity index (χ3v) is 3.37. The number of likely N-dealkylation sites (N-methyl/N-ethyl adjacent to an activating group) is 1. The summed E-state index contributed by atoms with van der Waals surface area (Å²) in [5, 5.41) is 10.1. The topological polar surface area (TPSA) is 41.9 Å². The van der Waals surface area contributed by atoms with Crippen LogP contribution in [0.4, 0.5) is 0 Å². The number of benzene rings is 1. The zero-order valence-corrected chi connectivity index (χ0v) is 12.3. The summed E-state index contributed by atoms with van der Waals surface area (Å²) in [5.41, 5.74) is 0.916. The van der Waals surface area contributed by atoms with Gasteiger partial charge < -0.3 is 14.6 Å². The Morgan fingerprint density at radius 2 is 2.05 bits per heavy atom. The number of methoxy groups -OCH3 is 1. The Kier molecular flexibility index (Phi) is 6.67. The summed E-state index contributed by atoms with van der Waals surface area (Å²) >= 11 is 0. The molecular formula is C15H25NO3. The van der Waals surface area contributed by atoms with Crippen molar-refractivity contribution in [1.29, 1.82) is 0 Å². The highest BCUT2D eigenvalue weighted by atomic mass is 16.5. The lowest BCUT2D eigenvalue weighted by molar-refractivity contribution is 0.0996. The van der Waals surface area contributed by atoms with Crippen LogP contribution < -0.4 is 4.74 Å². The van der Waals surface area contributed by atoms with Gasteiger partial charge in [-0.1, -0.05) is 13.0 Å². The first-order valence-corrected chi connectivity index (χ1v) is 6.82. The fourth-order valence-corrected chi connectivity index (χ4v) is 2.15. The van der Waals surface area contributed by atoms with Crippen LogP contribution in [0.25, 0.3) is 0 Å². The molecule has 108 valence electrons. The molecule has 0 heterocycles. The molecule has 4 heteroatoms. The quantitative estimate of drug-likeness (QED) is 0.735. The number of nitrogens with zero attached hydrogens (tertiary/aromatic N) is 1. The van der Waals surface area contributed by atoms with E-state index in [1.807, 2.05) is 19.1 Å².